The third-order valence-corrected chi connectivity index (χ3v) is 3.13. The van der Waals surface area contributed by atoms with Gasteiger partial charge in [-0.25, -0.2) is 4.98 Å². The summed E-state index contributed by atoms with van der Waals surface area (Å²) in [5.74, 6) is 1.91. The van der Waals surface area contributed by atoms with Crippen LogP contribution in [0.15, 0.2) is 30.5 Å². The van der Waals surface area contributed by atoms with Crippen LogP contribution in [0, 0.1) is 6.92 Å². The topological polar surface area (TPSA) is 53.1 Å². The monoisotopic (exact) mass is 245 g/mol. The first kappa shape index (κ1) is 12.6. The largest absolute Gasteiger partial charge is 0.497 e. The molecule has 2 aromatic rings. The maximum atomic E-state index is 5.69. The van der Waals surface area contributed by atoms with Gasteiger partial charge >= 0.3 is 0 Å². The summed E-state index contributed by atoms with van der Waals surface area (Å²) >= 11 is 0. The zero-order valence-electron chi connectivity index (χ0n) is 10.9. The lowest BCUT2D eigenvalue weighted by molar-refractivity contribution is 0.414. The third-order valence-electron chi connectivity index (χ3n) is 3.13. The van der Waals surface area contributed by atoms with Crippen molar-refractivity contribution >= 4 is 0 Å². The van der Waals surface area contributed by atoms with E-state index < -0.39 is 0 Å². The van der Waals surface area contributed by atoms with E-state index >= 15 is 0 Å². The summed E-state index contributed by atoms with van der Waals surface area (Å²) in [6.45, 7) is 3.45. The fourth-order valence-corrected chi connectivity index (χ4v) is 2.02. The molecule has 0 radical (unpaired) electrons. The second-order valence-corrected chi connectivity index (χ2v) is 4.25. The van der Waals surface area contributed by atoms with Gasteiger partial charge in [-0.05, 0) is 31.0 Å². The molecule has 0 aliphatic carbocycles. The molecular formula is C14H19N3O. The lowest BCUT2D eigenvalue weighted by Gasteiger charge is -2.09. The summed E-state index contributed by atoms with van der Waals surface area (Å²) < 4.78 is 7.31. The van der Waals surface area contributed by atoms with Crippen molar-refractivity contribution in [2.24, 2.45) is 5.73 Å². The number of aromatic nitrogens is 2. The molecule has 4 nitrogen and oxygen atoms in total. The Hall–Kier alpha value is -1.81. The Morgan fingerprint density at radius 2 is 2.00 bits per heavy atom. The zero-order valence-corrected chi connectivity index (χ0v) is 10.9. The van der Waals surface area contributed by atoms with Gasteiger partial charge in [0.2, 0.25) is 0 Å². The van der Waals surface area contributed by atoms with Crippen LogP contribution in [0.3, 0.4) is 0 Å². The minimum absolute atomic E-state index is 0.531. The maximum Gasteiger partial charge on any atom is 0.118 e. The lowest BCUT2D eigenvalue weighted by Crippen LogP contribution is -2.10. The summed E-state index contributed by atoms with van der Waals surface area (Å²) in [5, 5.41) is 0. The fourth-order valence-electron chi connectivity index (χ4n) is 2.02. The van der Waals surface area contributed by atoms with Crippen LogP contribution in [0.5, 0.6) is 5.75 Å². The smallest absolute Gasteiger partial charge is 0.118 e. The Morgan fingerprint density at radius 1 is 1.28 bits per heavy atom. The molecule has 0 amide bonds. The summed E-state index contributed by atoms with van der Waals surface area (Å²) in [5.41, 5.74) is 8.06. The van der Waals surface area contributed by atoms with E-state index in [2.05, 4.69) is 21.7 Å². The van der Waals surface area contributed by atoms with E-state index in [4.69, 9.17) is 10.5 Å². The van der Waals surface area contributed by atoms with Crippen LogP contribution >= 0.6 is 0 Å². The quantitative estimate of drug-likeness (QED) is 0.875. The first-order valence-corrected chi connectivity index (χ1v) is 6.08. The predicted molar refractivity (Wildman–Crippen MR) is 71.6 cm³/mol. The van der Waals surface area contributed by atoms with Gasteiger partial charge < -0.3 is 15.0 Å². The second kappa shape index (κ2) is 5.69. The normalized spacial score (nSPS) is 10.6. The molecule has 0 aliphatic heterocycles. The SMILES string of the molecule is COc1ccc(CCn2c(CN)cnc2C)cc1. The molecule has 0 saturated carbocycles. The molecule has 0 spiro atoms. The lowest BCUT2D eigenvalue weighted by atomic mass is 10.1. The molecule has 2 N–H and O–H groups in total. The highest BCUT2D eigenvalue weighted by atomic mass is 16.5. The van der Waals surface area contributed by atoms with Crippen molar-refractivity contribution in [1.82, 2.24) is 9.55 Å². The van der Waals surface area contributed by atoms with Crippen LogP contribution in [-0.2, 0) is 19.5 Å². The summed E-state index contributed by atoms with van der Waals surface area (Å²) in [6, 6.07) is 8.15. The Bertz CT molecular complexity index is 502. The van der Waals surface area contributed by atoms with Crippen molar-refractivity contribution in [3.8, 4) is 5.75 Å². The van der Waals surface area contributed by atoms with Gasteiger partial charge in [0, 0.05) is 19.3 Å². The molecule has 18 heavy (non-hydrogen) atoms. The molecule has 0 bridgehead atoms. The van der Waals surface area contributed by atoms with E-state index in [0.717, 1.165) is 30.2 Å². The van der Waals surface area contributed by atoms with Gasteiger partial charge in [-0.3, -0.25) is 0 Å². The number of hydrogen-bond acceptors (Lipinski definition) is 3. The molecule has 96 valence electrons. The Labute approximate surface area is 107 Å². The number of rotatable bonds is 5. The molecule has 0 atom stereocenters. The van der Waals surface area contributed by atoms with Crippen molar-refractivity contribution in [3.05, 3.63) is 47.5 Å². The van der Waals surface area contributed by atoms with Crippen LogP contribution in [-0.4, -0.2) is 16.7 Å². The number of hydrogen-bond donors (Lipinski definition) is 1. The average Bonchev–Trinajstić information content (AvgIpc) is 2.77. The Kier molecular flexibility index (Phi) is 3.99. The molecule has 0 aliphatic rings. The van der Waals surface area contributed by atoms with Gasteiger partial charge in [0.1, 0.15) is 11.6 Å². The van der Waals surface area contributed by atoms with Crippen molar-refractivity contribution in [2.45, 2.75) is 26.4 Å². The van der Waals surface area contributed by atoms with E-state index in [0.29, 0.717) is 6.54 Å². The molecule has 2 rings (SSSR count). The predicted octanol–water partition coefficient (Wildman–Crippen LogP) is 1.90. The fraction of sp³-hybridized carbons (Fsp3) is 0.357. The summed E-state index contributed by atoms with van der Waals surface area (Å²) in [4.78, 5) is 4.29. The second-order valence-electron chi connectivity index (χ2n) is 4.25. The van der Waals surface area contributed by atoms with Gasteiger partial charge in [-0.15, -0.1) is 0 Å². The molecule has 0 fully saturated rings. The van der Waals surface area contributed by atoms with Gasteiger partial charge in [-0.2, -0.15) is 0 Å². The van der Waals surface area contributed by atoms with E-state index in [1.807, 2.05) is 25.3 Å². The molecular weight excluding hydrogens is 226 g/mol. The first-order valence-electron chi connectivity index (χ1n) is 6.08. The van der Waals surface area contributed by atoms with Crippen LogP contribution in [0.2, 0.25) is 0 Å². The highest BCUT2D eigenvalue weighted by molar-refractivity contribution is 5.27. The van der Waals surface area contributed by atoms with Gasteiger partial charge in [0.05, 0.1) is 12.8 Å². The highest BCUT2D eigenvalue weighted by Gasteiger charge is 2.05. The number of nitrogens with two attached hydrogens (primary N) is 1. The van der Waals surface area contributed by atoms with Crippen molar-refractivity contribution < 1.29 is 4.74 Å². The summed E-state index contributed by atoms with van der Waals surface area (Å²) in [7, 11) is 1.68. The first-order chi connectivity index (χ1) is 8.74. The van der Waals surface area contributed by atoms with Gasteiger partial charge in [0.15, 0.2) is 0 Å². The van der Waals surface area contributed by atoms with E-state index in [-0.39, 0.29) is 0 Å². The minimum Gasteiger partial charge on any atom is -0.497 e. The minimum atomic E-state index is 0.531. The van der Waals surface area contributed by atoms with Crippen molar-refractivity contribution in [3.63, 3.8) is 0 Å². The highest BCUT2D eigenvalue weighted by Crippen LogP contribution is 2.13. The number of aryl methyl sites for hydroxylation is 2. The molecule has 1 heterocycles. The average molecular weight is 245 g/mol. The van der Waals surface area contributed by atoms with Gasteiger partial charge in [0.25, 0.3) is 0 Å². The van der Waals surface area contributed by atoms with E-state index in [9.17, 15) is 0 Å². The molecule has 4 heteroatoms. The number of imidazole rings is 1. The molecule has 0 unspecified atom stereocenters. The number of ether oxygens (including phenoxy) is 1. The Balaban J connectivity index is 2.04. The van der Waals surface area contributed by atoms with Crippen LogP contribution in [0.4, 0.5) is 0 Å². The zero-order chi connectivity index (χ0) is 13.0. The number of benzene rings is 1. The number of nitrogens with zero attached hydrogens (tertiary/aromatic N) is 2. The van der Waals surface area contributed by atoms with Crippen LogP contribution < -0.4 is 10.5 Å². The van der Waals surface area contributed by atoms with Crippen molar-refractivity contribution in [1.29, 1.82) is 0 Å². The standard InChI is InChI=1S/C14H19N3O/c1-11-16-10-13(9-15)17(11)8-7-12-3-5-14(18-2)6-4-12/h3-6,10H,7-9,15H2,1-2H3. The third kappa shape index (κ3) is 2.71. The van der Waals surface area contributed by atoms with Crippen LogP contribution in [0.25, 0.3) is 0 Å². The van der Waals surface area contributed by atoms with E-state index in [1.54, 1.807) is 7.11 Å². The molecule has 0 saturated heterocycles. The Morgan fingerprint density at radius 3 is 2.61 bits per heavy atom. The molecule has 1 aromatic carbocycles. The molecule has 1 aromatic heterocycles. The van der Waals surface area contributed by atoms with Crippen molar-refractivity contribution in [2.75, 3.05) is 7.11 Å². The number of methoxy groups -OCH3 is 1. The maximum absolute atomic E-state index is 5.69. The summed E-state index contributed by atoms with van der Waals surface area (Å²) in [6.07, 6.45) is 2.82. The van der Waals surface area contributed by atoms with E-state index in [1.165, 1.54) is 5.56 Å². The van der Waals surface area contributed by atoms with Gasteiger partial charge in [-0.1, -0.05) is 12.1 Å². The van der Waals surface area contributed by atoms with Crippen LogP contribution in [0.1, 0.15) is 17.1 Å².